The Morgan fingerprint density at radius 2 is 1.67 bits per heavy atom. The molecule has 5 N–H and O–H groups in total. The zero-order valence-electron chi connectivity index (χ0n) is 23.9. The Balaban J connectivity index is 0.000000707. The Morgan fingerprint density at radius 1 is 1.07 bits per heavy atom. The van der Waals surface area contributed by atoms with Crippen LogP contribution in [0.25, 0.3) is 11.1 Å². The highest BCUT2D eigenvalue weighted by Gasteiger charge is 2.38. The summed E-state index contributed by atoms with van der Waals surface area (Å²) in [5.74, 6) is -5.72. The molecule has 45 heavy (non-hydrogen) atoms. The van der Waals surface area contributed by atoms with Gasteiger partial charge in [-0.25, -0.2) is 9.18 Å². The van der Waals surface area contributed by atoms with Crippen molar-refractivity contribution in [1.29, 1.82) is 0 Å². The predicted molar refractivity (Wildman–Crippen MR) is 155 cm³/mol. The summed E-state index contributed by atoms with van der Waals surface area (Å²) in [6, 6.07) is 17.1. The summed E-state index contributed by atoms with van der Waals surface area (Å²) in [5, 5.41) is 21.1. The fourth-order valence-electron chi connectivity index (χ4n) is 5.01. The zero-order valence-corrected chi connectivity index (χ0v) is 24.6. The summed E-state index contributed by atoms with van der Waals surface area (Å²) in [4.78, 5) is 21.0. The van der Waals surface area contributed by atoms with Crippen LogP contribution in [0.3, 0.4) is 0 Å². The fourth-order valence-corrected chi connectivity index (χ4v) is 5.22. The SMILES string of the molecule is CC1(O)CCC(NCC(c2ccccc2)c2ccc(Cl)c(-c3c(C(N)=O)ccc(OC(F)F)c3F)c2)CC1.O=C(O)C(F)(F)F. The number of carbonyl (C=O) groups is 2. The number of hydrogen-bond donors (Lipinski definition) is 4. The molecule has 0 aliphatic heterocycles. The maximum Gasteiger partial charge on any atom is 0.490 e. The first-order valence-corrected chi connectivity index (χ1v) is 14.1. The summed E-state index contributed by atoms with van der Waals surface area (Å²) in [5.41, 5.74) is 6.28. The molecular formula is C31H31ClF6N2O5. The van der Waals surface area contributed by atoms with Crippen LogP contribution >= 0.6 is 11.6 Å². The van der Waals surface area contributed by atoms with Gasteiger partial charge in [0.1, 0.15) is 0 Å². The fraction of sp³-hybridized carbons (Fsp3) is 0.355. The minimum Gasteiger partial charge on any atom is -0.475 e. The summed E-state index contributed by atoms with van der Waals surface area (Å²) in [6.07, 6.45) is -2.00. The number of primary amides is 1. The van der Waals surface area contributed by atoms with Crippen molar-refractivity contribution >= 4 is 23.5 Å². The highest BCUT2D eigenvalue weighted by Crippen LogP contribution is 2.39. The molecule has 1 unspecified atom stereocenters. The quantitative estimate of drug-likeness (QED) is 0.185. The van der Waals surface area contributed by atoms with Crippen LogP contribution in [0, 0.1) is 5.82 Å². The van der Waals surface area contributed by atoms with Crippen molar-refractivity contribution in [2.45, 2.75) is 63.0 Å². The van der Waals surface area contributed by atoms with Crippen molar-refractivity contribution in [3.8, 4) is 16.9 Å². The Bertz CT molecular complexity index is 1480. The molecule has 0 radical (unpaired) electrons. The highest BCUT2D eigenvalue weighted by atomic mass is 35.5. The van der Waals surface area contributed by atoms with E-state index in [9.17, 15) is 31.9 Å². The number of alkyl halides is 5. The Labute approximate surface area is 260 Å². The van der Waals surface area contributed by atoms with Gasteiger partial charge in [0.25, 0.3) is 0 Å². The van der Waals surface area contributed by atoms with E-state index < -0.39 is 41.8 Å². The highest BCUT2D eigenvalue weighted by molar-refractivity contribution is 6.33. The van der Waals surface area contributed by atoms with Crippen molar-refractivity contribution in [3.63, 3.8) is 0 Å². The van der Waals surface area contributed by atoms with Crippen LogP contribution in [0.1, 0.15) is 60.0 Å². The third-order valence-corrected chi connectivity index (χ3v) is 7.70. The first kappa shape index (κ1) is 35.7. The lowest BCUT2D eigenvalue weighted by molar-refractivity contribution is -0.192. The van der Waals surface area contributed by atoms with Gasteiger partial charge in [-0.2, -0.15) is 22.0 Å². The predicted octanol–water partition coefficient (Wildman–Crippen LogP) is 6.89. The van der Waals surface area contributed by atoms with E-state index in [0.717, 1.165) is 36.1 Å². The summed E-state index contributed by atoms with van der Waals surface area (Å²) >= 11 is 6.47. The van der Waals surface area contributed by atoms with Crippen LogP contribution in [-0.2, 0) is 4.79 Å². The molecule has 4 rings (SSSR count). The minimum absolute atomic E-state index is 0.124. The maximum absolute atomic E-state index is 15.5. The van der Waals surface area contributed by atoms with Gasteiger partial charge < -0.3 is 26.0 Å². The lowest BCUT2D eigenvalue weighted by Gasteiger charge is -2.34. The molecular weight excluding hydrogens is 630 g/mol. The first-order valence-electron chi connectivity index (χ1n) is 13.7. The minimum atomic E-state index is -5.08. The van der Waals surface area contributed by atoms with E-state index >= 15 is 4.39 Å². The molecule has 1 saturated carbocycles. The number of halogens is 7. The number of hydrogen-bond acceptors (Lipinski definition) is 5. The number of aliphatic carboxylic acids is 1. The number of amides is 1. The number of rotatable bonds is 9. The molecule has 14 heteroatoms. The van der Waals surface area contributed by atoms with Gasteiger partial charge in [-0.15, -0.1) is 0 Å². The molecule has 7 nitrogen and oxygen atoms in total. The largest absolute Gasteiger partial charge is 0.490 e. The van der Waals surface area contributed by atoms with E-state index in [1.165, 1.54) is 0 Å². The second kappa shape index (κ2) is 15.0. The van der Waals surface area contributed by atoms with Crippen molar-refractivity contribution < 1.29 is 50.9 Å². The molecule has 0 spiro atoms. The van der Waals surface area contributed by atoms with Crippen LogP contribution in [0.5, 0.6) is 5.75 Å². The average Bonchev–Trinajstić information content (AvgIpc) is 2.96. The molecule has 1 fully saturated rings. The molecule has 1 aliphatic rings. The van der Waals surface area contributed by atoms with E-state index in [4.69, 9.17) is 27.2 Å². The van der Waals surface area contributed by atoms with Gasteiger partial charge in [0.15, 0.2) is 11.6 Å². The monoisotopic (exact) mass is 660 g/mol. The number of carboxylic acid groups (broad SMARTS) is 1. The van der Waals surface area contributed by atoms with Gasteiger partial charge in [-0.05, 0) is 68.0 Å². The van der Waals surface area contributed by atoms with E-state index in [2.05, 4.69) is 10.1 Å². The lowest BCUT2D eigenvalue weighted by Crippen LogP contribution is -2.41. The normalized spacial score (nSPS) is 18.9. The van der Waals surface area contributed by atoms with E-state index in [1.54, 1.807) is 12.1 Å². The zero-order chi connectivity index (χ0) is 33.5. The Kier molecular flexibility index (Phi) is 11.9. The van der Waals surface area contributed by atoms with Gasteiger partial charge in [-0.1, -0.05) is 48.0 Å². The molecule has 0 aromatic heterocycles. The number of nitrogens with one attached hydrogen (secondary N) is 1. The van der Waals surface area contributed by atoms with Crippen LogP contribution in [0.4, 0.5) is 26.3 Å². The lowest BCUT2D eigenvalue weighted by atomic mass is 9.83. The van der Waals surface area contributed by atoms with E-state index in [1.807, 2.05) is 43.3 Å². The number of nitrogens with two attached hydrogens (primary N) is 1. The standard InChI is InChI=1S/C29H30ClF3N2O3.C2HF3O2/c1-29(37)13-11-19(12-14-29)35-16-22(17-5-3-2-4-6-17)18-7-9-23(30)21(15-18)25-20(27(34)36)8-10-24(26(25)31)38-28(32)33;3-2(4,5)1(6)7/h2-10,15,19,22,28,35,37H,11-14,16H2,1H3,(H2,34,36);(H,6,7). The summed E-state index contributed by atoms with van der Waals surface area (Å²) in [7, 11) is 0. The van der Waals surface area contributed by atoms with Gasteiger partial charge in [-0.3, -0.25) is 4.79 Å². The second-order valence-electron chi connectivity index (χ2n) is 10.7. The third kappa shape index (κ3) is 9.84. The van der Waals surface area contributed by atoms with E-state index in [0.29, 0.717) is 19.4 Å². The van der Waals surface area contributed by atoms with Crippen LogP contribution in [0.2, 0.25) is 5.02 Å². The number of aliphatic hydroxyl groups is 1. The molecule has 0 heterocycles. The first-order chi connectivity index (χ1) is 21.0. The molecule has 1 amide bonds. The van der Waals surface area contributed by atoms with Gasteiger partial charge in [0.05, 0.1) is 11.2 Å². The summed E-state index contributed by atoms with van der Waals surface area (Å²) < 4.78 is 77.3. The van der Waals surface area contributed by atoms with Crippen LogP contribution in [0.15, 0.2) is 60.7 Å². The van der Waals surface area contributed by atoms with Gasteiger partial charge >= 0.3 is 18.8 Å². The Morgan fingerprint density at radius 3 is 2.20 bits per heavy atom. The molecule has 1 atom stereocenters. The summed E-state index contributed by atoms with van der Waals surface area (Å²) in [6.45, 7) is -0.848. The third-order valence-electron chi connectivity index (χ3n) is 7.37. The van der Waals surface area contributed by atoms with Crippen LogP contribution in [-0.4, -0.2) is 53.1 Å². The number of ether oxygens (including phenoxy) is 1. The average molecular weight is 661 g/mol. The van der Waals surface area contributed by atoms with Gasteiger partial charge in [0.2, 0.25) is 5.91 Å². The van der Waals surface area contributed by atoms with Crippen molar-refractivity contribution in [2.75, 3.05) is 6.54 Å². The molecule has 0 bridgehead atoms. The molecule has 1 aliphatic carbocycles. The van der Waals surface area contributed by atoms with Crippen molar-refractivity contribution in [1.82, 2.24) is 5.32 Å². The molecule has 3 aromatic carbocycles. The maximum atomic E-state index is 15.5. The van der Waals surface area contributed by atoms with Crippen molar-refractivity contribution in [2.24, 2.45) is 5.73 Å². The topological polar surface area (TPSA) is 122 Å². The van der Waals surface area contributed by atoms with E-state index in [-0.39, 0.29) is 33.7 Å². The molecule has 244 valence electrons. The van der Waals surface area contributed by atoms with Crippen molar-refractivity contribution in [3.05, 3.63) is 88.2 Å². The number of benzene rings is 3. The van der Waals surface area contributed by atoms with Crippen LogP contribution < -0.4 is 15.8 Å². The smallest absolute Gasteiger partial charge is 0.475 e. The Hall–Kier alpha value is -3.81. The van der Waals surface area contributed by atoms with Gasteiger partial charge in [0, 0.05) is 34.7 Å². The number of carboxylic acids is 1. The second-order valence-corrected chi connectivity index (χ2v) is 11.1. The number of carbonyl (C=O) groups excluding carboxylic acids is 1. The molecule has 0 saturated heterocycles. The molecule has 3 aromatic rings.